The number of aromatic nitrogens is 2. The van der Waals surface area contributed by atoms with Gasteiger partial charge in [0.1, 0.15) is 18.1 Å². The lowest BCUT2D eigenvalue weighted by Gasteiger charge is -2.11. The van der Waals surface area contributed by atoms with Crippen LogP contribution in [0.25, 0.3) is 0 Å². The van der Waals surface area contributed by atoms with Gasteiger partial charge in [-0.25, -0.2) is 14.8 Å². The van der Waals surface area contributed by atoms with Crippen molar-refractivity contribution in [2.75, 3.05) is 20.3 Å². The summed E-state index contributed by atoms with van der Waals surface area (Å²) in [5.41, 5.74) is 0.623. The van der Waals surface area contributed by atoms with Crippen molar-refractivity contribution in [2.45, 2.75) is 6.54 Å². The van der Waals surface area contributed by atoms with Crippen LogP contribution < -0.4 is 10.1 Å². The Kier molecular flexibility index (Phi) is 6.21. The number of benzene rings is 1. The molecule has 1 heterocycles. The second-order valence-electron chi connectivity index (χ2n) is 4.72. The molecule has 0 atom stereocenters. The Labute approximate surface area is 138 Å². The predicted octanol–water partition coefficient (Wildman–Crippen LogP) is 1.13. The molecule has 0 spiro atoms. The number of carbonyl (C=O) groups excluding carboxylic acids is 1. The van der Waals surface area contributed by atoms with Gasteiger partial charge in [0.15, 0.2) is 5.69 Å². The molecule has 24 heavy (non-hydrogen) atoms. The van der Waals surface area contributed by atoms with Crippen molar-refractivity contribution in [1.29, 1.82) is 0 Å². The number of hydrogen-bond acceptors (Lipinski definition) is 6. The fourth-order valence-electron chi connectivity index (χ4n) is 1.85. The standard InChI is InChI=1S/C16H17N3O5/c1-23-6-7-24-14-5-3-2-4-11(14)8-19-15(20)12-9-18-13(10-17-12)16(21)22/h2-5,9-10H,6-8H2,1H3,(H,19,20)(H,21,22). The Morgan fingerprint density at radius 1 is 1.12 bits per heavy atom. The molecule has 1 aromatic heterocycles. The van der Waals surface area contributed by atoms with Gasteiger partial charge in [-0.05, 0) is 6.07 Å². The minimum absolute atomic E-state index is 0.0396. The summed E-state index contributed by atoms with van der Waals surface area (Å²) in [6.45, 7) is 1.11. The largest absolute Gasteiger partial charge is 0.491 e. The topological polar surface area (TPSA) is 111 Å². The van der Waals surface area contributed by atoms with E-state index in [0.29, 0.717) is 19.0 Å². The smallest absolute Gasteiger partial charge is 0.356 e. The Morgan fingerprint density at radius 3 is 2.50 bits per heavy atom. The number of methoxy groups -OCH3 is 1. The molecule has 0 radical (unpaired) electrons. The number of carboxylic acids is 1. The van der Waals surface area contributed by atoms with Crippen molar-refractivity contribution in [2.24, 2.45) is 0 Å². The van der Waals surface area contributed by atoms with E-state index < -0.39 is 11.9 Å². The molecule has 126 valence electrons. The molecule has 0 saturated carbocycles. The molecule has 0 aliphatic heterocycles. The lowest BCUT2D eigenvalue weighted by Crippen LogP contribution is -2.24. The van der Waals surface area contributed by atoms with E-state index in [9.17, 15) is 9.59 Å². The second kappa shape index (κ2) is 8.59. The molecular weight excluding hydrogens is 314 g/mol. The number of rotatable bonds is 8. The van der Waals surface area contributed by atoms with E-state index in [-0.39, 0.29) is 17.9 Å². The van der Waals surface area contributed by atoms with Crippen molar-refractivity contribution < 1.29 is 24.2 Å². The van der Waals surface area contributed by atoms with E-state index in [1.165, 1.54) is 0 Å². The molecule has 1 amide bonds. The molecule has 0 aliphatic carbocycles. The van der Waals surface area contributed by atoms with Crippen LogP contribution in [0.1, 0.15) is 26.5 Å². The summed E-state index contributed by atoms with van der Waals surface area (Å²) in [4.78, 5) is 30.2. The van der Waals surface area contributed by atoms with Crippen LogP contribution in [-0.4, -0.2) is 47.3 Å². The first-order valence-electron chi connectivity index (χ1n) is 7.15. The third kappa shape index (κ3) is 4.75. The number of amides is 1. The molecule has 0 bridgehead atoms. The molecule has 0 aliphatic rings. The second-order valence-corrected chi connectivity index (χ2v) is 4.72. The average Bonchev–Trinajstić information content (AvgIpc) is 2.61. The van der Waals surface area contributed by atoms with Gasteiger partial charge in [0, 0.05) is 19.2 Å². The van der Waals surface area contributed by atoms with E-state index in [2.05, 4.69) is 15.3 Å². The Hall–Kier alpha value is -3.00. The number of ether oxygens (including phenoxy) is 2. The normalized spacial score (nSPS) is 10.2. The van der Waals surface area contributed by atoms with Gasteiger partial charge in [-0.2, -0.15) is 0 Å². The maximum Gasteiger partial charge on any atom is 0.356 e. The van der Waals surface area contributed by atoms with Crippen LogP contribution in [0.3, 0.4) is 0 Å². The van der Waals surface area contributed by atoms with Crippen LogP contribution in [0.15, 0.2) is 36.7 Å². The van der Waals surface area contributed by atoms with Gasteiger partial charge >= 0.3 is 5.97 Å². The highest BCUT2D eigenvalue weighted by Crippen LogP contribution is 2.17. The summed E-state index contributed by atoms with van der Waals surface area (Å²) in [5.74, 6) is -0.995. The number of carboxylic acid groups (broad SMARTS) is 1. The van der Waals surface area contributed by atoms with Crippen molar-refractivity contribution in [1.82, 2.24) is 15.3 Å². The number of hydrogen-bond donors (Lipinski definition) is 2. The summed E-state index contributed by atoms with van der Waals surface area (Å²) in [6, 6.07) is 7.32. The zero-order chi connectivity index (χ0) is 17.4. The zero-order valence-electron chi connectivity index (χ0n) is 13.1. The van der Waals surface area contributed by atoms with E-state index in [4.69, 9.17) is 14.6 Å². The zero-order valence-corrected chi connectivity index (χ0v) is 13.1. The molecule has 2 aromatic rings. The maximum atomic E-state index is 12.0. The van der Waals surface area contributed by atoms with Crippen LogP contribution in [0, 0.1) is 0 Å². The Bertz CT molecular complexity index is 703. The van der Waals surface area contributed by atoms with E-state index >= 15 is 0 Å². The van der Waals surface area contributed by atoms with Gasteiger partial charge in [-0.15, -0.1) is 0 Å². The van der Waals surface area contributed by atoms with Gasteiger partial charge in [-0.1, -0.05) is 18.2 Å². The summed E-state index contributed by atoms with van der Waals surface area (Å²) in [7, 11) is 1.59. The molecule has 8 nitrogen and oxygen atoms in total. The fraction of sp³-hybridized carbons (Fsp3) is 0.250. The highest BCUT2D eigenvalue weighted by Gasteiger charge is 2.11. The molecule has 2 rings (SSSR count). The average molecular weight is 331 g/mol. The highest BCUT2D eigenvalue weighted by molar-refractivity contribution is 5.92. The van der Waals surface area contributed by atoms with Crippen LogP contribution in [0.2, 0.25) is 0 Å². The highest BCUT2D eigenvalue weighted by atomic mass is 16.5. The van der Waals surface area contributed by atoms with E-state index in [1.807, 2.05) is 18.2 Å². The van der Waals surface area contributed by atoms with Gasteiger partial charge in [0.25, 0.3) is 5.91 Å². The van der Waals surface area contributed by atoms with Gasteiger partial charge < -0.3 is 19.9 Å². The number of nitrogens with zero attached hydrogens (tertiary/aromatic N) is 2. The van der Waals surface area contributed by atoms with Crippen LogP contribution in [0.4, 0.5) is 0 Å². The first-order chi connectivity index (χ1) is 11.6. The summed E-state index contributed by atoms with van der Waals surface area (Å²) in [5, 5.41) is 11.5. The fourth-order valence-corrected chi connectivity index (χ4v) is 1.85. The summed E-state index contributed by atoms with van der Waals surface area (Å²) in [6.07, 6.45) is 2.17. The minimum atomic E-state index is -1.20. The number of carbonyl (C=O) groups is 2. The third-order valence-corrected chi connectivity index (χ3v) is 3.06. The molecule has 0 fully saturated rings. The Morgan fingerprint density at radius 2 is 1.83 bits per heavy atom. The first-order valence-corrected chi connectivity index (χ1v) is 7.15. The number of para-hydroxylation sites is 1. The minimum Gasteiger partial charge on any atom is -0.491 e. The Balaban J connectivity index is 1.97. The van der Waals surface area contributed by atoms with Crippen LogP contribution in [-0.2, 0) is 11.3 Å². The van der Waals surface area contributed by atoms with E-state index in [1.54, 1.807) is 13.2 Å². The van der Waals surface area contributed by atoms with Crippen molar-refractivity contribution in [3.05, 3.63) is 53.6 Å². The van der Waals surface area contributed by atoms with E-state index in [0.717, 1.165) is 18.0 Å². The summed E-state index contributed by atoms with van der Waals surface area (Å²) < 4.78 is 10.5. The number of nitrogens with one attached hydrogen (secondary N) is 1. The van der Waals surface area contributed by atoms with Crippen molar-refractivity contribution in [3.63, 3.8) is 0 Å². The lowest BCUT2D eigenvalue weighted by molar-refractivity contribution is 0.0689. The van der Waals surface area contributed by atoms with Crippen LogP contribution >= 0.6 is 0 Å². The molecule has 2 N–H and O–H groups in total. The lowest BCUT2D eigenvalue weighted by atomic mass is 10.2. The number of aromatic carboxylic acids is 1. The molecular formula is C16H17N3O5. The maximum absolute atomic E-state index is 12.0. The SMILES string of the molecule is COCCOc1ccccc1CNC(=O)c1cnc(C(=O)O)cn1. The van der Waals surface area contributed by atoms with Gasteiger partial charge in [0.2, 0.25) is 0 Å². The van der Waals surface area contributed by atoms with Crippen molar-refractivity contribution in [3.8, 4) is 5.75 Å². The van der Waals surface area contributed by atoms with Gasteiger partial charge in [0.05, 0.1) is 19.0 Å². The third-order valence-electron chi connectivity index (χ3n) is 3.06. The van der Waals surface area contributed by atoms with Crippen molar-refractivity contribution >= 4 is 11.9 Å². The monoisotopic (exact) mass is 331 g/mol. The molecule has 8 heteroatoms. The quantitative estimate of drug-likeness (QED) is 0.698. The molecule has 0 saturated heterocycles. The molecule has 1 aromatic carbocycles. The van der Waals surface area contributed by atoms with Gasteiger partial charge in [-0.3, -0.25) is 4.79 Å². The van der Waals surface area contributed by atoms with Crippen LogP contribution in [0.5, 0.6) is 5.75 Å². The predicted molar refractivity (Wildman–Crippen MR) is 84.0 cm³/mol. The molecule has 0 unspecified atom stereocenters. The summed E-state index contributed by atoms with van der Waals surface area (Å²) >= 11 is 0. The first kappa shape index (κ1) is 17.4.